The highest BCUT2D eigenvalue weighted by atomic mass is 32.2. The van der Waals surface area contributed by atoms with Crippen LogP contribution < -0.4 is 4.74 Å². The van der Waals surface area contributed by atoms with Crippen LogP contribution in [0.25, 0.3) is 0 Å². The summed E-state index contributed by atoms with van der Waals surface area (Å²) in [5.74, 6) is -6.45. The van der Waals surface area contributed by atoms with Crippen LogP contribution in [-0.2, 0) is 40.1 Å². The average Bonchev–Trinajstić information content (AvgIpc) is 2.85. The van der Waals surface area contributed by atoms with Gasteiger partial charge in [-0.3, -0.25) is 4.55 Å². The monoisotopic (exact) mass is 558 g/mol. The molecule has 0 fully saturated rings. The molecule has 0 saturated heterocycles. The number of benzene rings is 2. The van der Waals surface area contributed by atoms with Crippen LogP contribution in [0.1, 0.15) is 53.3 Å². The van der Waals surface area contributed by atoms with Gasteiger partial charge in [-0.2, -0.15) is 21.6 Å². The molecule has 1 unspecified atom stereocenters. The Morgan fingerprint density at radius 2 is 1.28 bits per heavy atom. The zero-order valence-corrected chi connectivity index (χ0v) is 20.8. The molecule has 9 nitrogen and oxygen atoms in total. The summed E-state index contributed by atoms with van der Waals surface area (Å²) in [5.41, 5.74) is -0.645. The molecule has 8 radical (unpaired) electrons. The lowest BCUT2D eigenvalue weighted by Crippen LogP contribution is -2.39. The third-order valence-corrected chi connectivity index (χ3v) is 6.18. The first-order valence-electron chi connectivity index (χ1n) is 10.9. The fourth-order valence-electron chi connectivity index (χ4n) is 3.77. The summed E-state index contributed by atoms with van der Waals surface area (Å²) >= 11 is 0. The van der Waals surface area contributed by atoms with E-state index in [0.717, 1.165) is 24.3 Å². The van der Waals surface area contributed by atoms with Crippen molar-refractivity contribution in [2.75, 3.05) is 5.75 Å². The molecule has 0 aromatic heterocycles. The highest BCUT2D eigenvalue weighted by molar-refractivity contribution is 7.85. The predicted octanol–water partition coefficient (Wildman–Crippen LogP) is 1.25. The zero-order valence-electron chi connectivity index (χ0n) is 20.0. The maximum atomic E-state index is 13.1. The van der Waals surface area contributed by atoms with Gasteiger partial charge in [-0.25, -0.2) is 14.4 Å². The second-order valence-electron chi connectivity index (χ2n) is 7.88. The highest BCUT2D eigenvalue weighted by Gasteiger charge is 2.45. The number of aromatic carboxylic acids is 1. The predicted molar refractivity (Wildman–Crippen MR) is 134 cm³/mol. The third kappa shape index (κ3) is 7.69. The Hall–Kier alpha value is -3.19. The number of alkyl halides is 3. The van der Waals surface area contributed by atoms with E-state index in [4.69, 9.17) is 40.7 Å². The first-order valence-corrected chi connectivity index (χ1v) is 12.5. The average molecular weight is 558 g/mol. The Kier molecular flexibility index (Phi) is 10.5. The van der Waals surface area contributed by atoms with Crippen molar-refractivity contribution >= 4 is 59.4 Å². The number of carbonyl (C=O) groups excluding carboxylic acids is 2. The van der Waals surface area contributed by atoms with Crippen molar-refractivity contribution < 1.29 is 55.1 Å². The number of hydrogen-bond donors (Lipinski definition) is 2. The van der Waals surface area contributed by atoms with Crippen molar-refractivity contribution in [3.05, 3.63) is 63.2 Å². The number of hydrogen-bond acceptors (Lipinski definition) is 7. The van der Waals surface area contributed by atoms with Crippen LogP contribution in [0.3, 0.4) is 0 Å². The number of carboxylic acid groups (broad SMARTS) is 1. The zero-order chi connectivity index (χ0) is 29.7. The van der Waals surface area contributed by atoms with E-state index in [1.807, 2.05) is 0 Å². The Bertz CT molecular complexity index is 1360. The largest absolute Gasteiger partial charge is 0.478 e. The number of halogens is 3. The van der Waals surface area contributed by atoms with Gasteiger partial charge in [0.25, 0.3) is 10.1 Å². The summed E-state index contributed by atoms with van der Waals surface area (Å²) in [4.78, 5) is 37.3. The molecule has 39 heavy (non-hydrogen) atoms. The Labute approximate surface area is 226 Å². The van der Waals surface area contributed by atoms with E-state index in [-0.39, 0.29) is 42.2 Å². The summed E-state index contributed by atoms with van der Waals surface area (Å²) in [6.45, 7) is 0. The van der Waals surface area contributed by atoms with Crippen LogP contribution in [0.4, 0.5) is 13.2 Å². The number of ether oxygens (including phenoxy) is 2. The molecule has 0 amide bonds. The van der Waals surface area contributed by atoms with Gasteiger partial charge >= 0.3 is 24.1 Å². The molecule has 2 aromatic carbocycles. The second-order valence-corrected chi connectivity index (χ2v) is 9.38. The molecule has 0 aliphatic carbocycles. The van der Waals surface area contributed by atoms with Crippen LogP contribution in [0.2, 0.25) is 0 Å². The number of esters is 2. The molecule has 2 N–H and O–H groups in total. The maximum absolute atomic E-state index is 13.1. The van der Waals surface area contributed by atoms with E-state index in [9.17, 15) is 41.1 Å². The Balaban J connectivity index is 2.42. The van der Waals surface area contributed by atoms with Gasteiger partial charge < -0.3 is 14.6 Å². The summed E-state index contributed by atoms with van der Waals surface area (Å²) in [6, 6.07) is 3.79. The Morgan fingerprint density at radius 1 is 0.821 bits per heavy atom. The number of carbonyl (C=O) groups is 3. The quantitative estimate of drug-likeness (QED) is 0.181. The van der Waals surface area contributed by atoms with Crippen LogP contribution in [0, 0.1) is 0 Å². The fourth-order valence-corrected chi connectivity index (χ4v) is 4.41. The summed E-state index contributed by atoms with van der Waals surface area (Å²) < 4.78 is 78.9. The minimum absolute atomic E-state index is 0.0526. The van der Waals surface area contributed by atoms with Gasteiger partial charge in [0.05, 0.1) is 48.1 Å². The molecule has 0 spiro atoms. The minimum Gasteiger partial charge on any atom is -0.478 e. The van der Waals surface area contributed by atoms with E-state index in [1.54, 1.807) is 0 Å². The van der Waals surface area contributed by atoms with E-state index in [1.165, 1.54) is 0 Å². The minimum atomic E-state index is -5.30. The van der Waals surface area contributed by atoms with Crippen molar-refractivity contribution in [1.82, 2.24) is 0 Å². The molecule has 0 aliphatic heterocycles. The normalized spacial score (nSPS) is 12.5. The number of rotatable bonds is 11. The van der Waals surface area contributed by atoms with Crippen LogP contribution in [0.15, 0.2) is 24.3 Å². The molecule has 198 valence electrons. The number of carboxylic acids is 1. The lowest BCUT2D eigenvalue weighted by atomic mass is 9.72. The van der Waals surface area contributed by atoms with Crippen LogP contribution in [0.5, 0.6) is 5.75 Å². The van der Waals surface area contributed by atoms with Crippen molar-refractivity contribution in [3.8, 4) is 5.75 Å². The summed E-state index contributed by atoms with van der Waals surface area (Å²) in [7, 11) is 18.0. The first-order chi connectivity index (χ1) is 18.1. The van der Waals surface area contributed by atoms with Gasteiger partial charge in [0.15, 0.2) is 0 Å². The van der Waals surface area contributed by atoms with Gasteiger partial charge in [-0.05, 0) is 35.4 Å². The standard InChI is InChI=1S/C22H17B4F3O9S/c23-5-12-13(6-24)15(8-26)18(17(19(30)31)14(12)7-25)21(33)37-11-3-1-10(2-4-11)20(32)38-16(22(27,28)29)9-39(34,35)36/h1-4,16H,5-9H2,(H,30,31)(H,34,35,36). The van der Waals surface area contributed by atoms with Crippen molar-refractivity contribution in [3.63, 3.8) is 0 Å². The van der Waals surface area contributed by atoms with Crippen LogP contribution >= 0.6 is 0 Å². The second kappa shape index (κ2) is 12.8. The van der Waals surface area contributed by atoms with Gasteiger partial charge in [0.2, 0.25) is 6.10 Å². The molecule has 0 bridgehead atoms. The van der Waals surface area contributed by atoms with Gasteiger partial charge in [0, 0.05) is 0 Å². The third-order valence-electron chi connectivity index (χ3n) is 5.46. The molecule has 17 heteroatoms. The molecular formula is C22H17B4F3O9S. The van der Waals surface area contributed by atoms with E-state index < -0.39 is 62.7 Å². The van der Waals surface area contributed by atoms with Crippen molar-refractivity contribution in [2.45, 2.75) is 37.6 Å². The molecule has 2 rings (SSSR count). The molecule has 2 aromatic rings. The summed E-state index contributed by atoms with van der Waals surface area (Å²) in [6.07, 6.45) is -9.36. The van der Waals surface area contributed by atoms with Crippen LogP contribution in [-0.4, -0.2) is 85.4 Å². The van der Waals surface area contributed by atoms with E-state index >= 15 is 0 Å². The fraction of sp³-hybridized carbons (Fsp3) is 0.318. The van der Waals surface area contributed by atoms with Gasteiger partial charge in [-0.15, -0.1) is 0 Å². The van der Waals surface area contributed by atoms with Gasteiger partial charge in [-0.1, -0.05) is 36.4 Å². The van der Waals surface area contributed by atoms with Crippen molar-refractivity contribution in [1.29, 1.82) is 0 Å². The summed E-state index contributed by atoms with van der Waals surface area (Å²) in [5, 5.41) is 9.83. The van der Waals surface area contributed by atoms with E-state index in [2.05, 4.69) is 4.74 Å². The highest BCUT2D eigenvalue weighted by Crippen LogP contribution is 2.31. The smallest absolute Gasteiger partial charge is 0.426 e. The molecule has 1 atom stereocenters. The topological polar surface area (TPSA) is 144 Å². The van der Waals surface area contributed by atoms with Gasteiger partial charge in [0.1, 0.15) is 11.5 Å². The molecular weight excluding hydrogens is 541 g/mol. The lowest BCUT2D eigenvalue weighted by Gasteiger charge is -2.23. The first kappa shape index (κ1) is 32.0. The molecule has 0 heterocycles. The SMILES string of the molecule is [B]Cc1c(C[B])c(C[B])c(C(=O)Oc2ccc(C(=O)OC(CS(=O)(=O)O)C(F)(F)F)cc2)c(C(=O)O)c1C[B]. The Morgan fingerprint density at radius 3 is 1.67 bits per heavy atom. The van der Waals surface area contributed by atoms with Crippen molar-refractivity contribution in [2.24, 2.45) is 0 Å². The maximum Gasteiger partial charge on any atom is 0.426 e. The lowest BCUT2D eigenvalue weighted by molar-refractivity contribution is -0.197. The molecule has 0 saturated carbocycles. The van der Waals surface area contributed by atoms with E-state index in [0.29, 0.717) is 11.1 Å². The molecule has 0 aliphatic rings.